The molecular formula is C11H19N3O4. The van der Waals surface area contributed by atoms with Gasteiger partial charge in [0.2, 0.25) is 6.33 Å². The molecule has 1 aromatic heterocycles. The van der Waals surface area contributed by atoms with Crippen LogP contribution in [0, 0.1) is 10.1 Å². The van der Waals surface area contributed by atoms with E-state index in [0.29, 0.717) is 0 Å². The fourth-order valence-electron chi connectivity index (χ4n) is 1.19. The van der Waals surface area contributed by atoms with E-state index in [1.54, 1.807) is 0 Å². The Morgan fingerprint density at radius 1 is 1.44 bits per heavy atom. The van der Waals surface area contributed by atoms with Crippen molar-refractivity contribution in [3.05, 3.63) is 22.6 Å². The van der Waals surface area contributed by atoms with Gasteiger partial charge < -0.3 is 15.2 Å². The highest BCUT2D eigenvalue weighted by atomic mass is 16.6. The zero-order valence-electron chi connectivity index (χ0n) is 10.7. The number of carboxylic acids is 1. The van der Waals surface area contributed by atoms with Crippen LogP contribution in [0.3, 0.4) is 0 Å². The van der Waals surface area contributed by atoms with E-state index in [1.165, 1.54) is 25.7 Å². The van der Waals surface area contributed by atoms with Crippen molar-refractivity contribution in [1.82, 2.24) is 9.55 Å². The van der Waals surface area contributed by atoms with Gasteiger partial charge in [0.05, 0.1) is 0 Å². The van der Waals surface area contributed by atoms with Gasteiger partial charge in [-0.15, -0.1) is 0 Å². The van der Waals surface area contributed by atoms with E-state index in [4.69, 9.17) is 5.11 Å². The minimum Gasteiger partial charge on any atom is -0.480 e. The Morgan fingerprint density at radius 3 is 2.33 bits per heavy atom. The van der Waals surface area contributed by atoms with E-state index >= 15 is 0 Å². The van der Waals surface area contributed by atoms with Crippen molar-refractivity contribution in [2.45, 2.75) is 46.1 Å². The molecule has 0 aliphatic rings. The monoisotopic (exact) mass is 257 g/mol. The average molecular weight is 257 g/mol. The molecule has 0 fully saturated rings. The molecule has 0 spiro atoms. The van der Waals surface area contributed by atoms with Crippen LogP contribution < -0.4 is 0 Å². The minimum absolute atomic E-state index is 0.319. The van der Waals surface area contributed by atoms with E-state index in [2.05, 4.69) is 18.8 Å². The van der Waals surface area contributed by atoms with Crippen molar-refractivity contribution >= 4 is 11.8 Å². The predicted octanol–water partition coefficient (Wildman–Crippen LogP) is 2.46. The fraction of sp³-hybridized carbons (Fsp3) is 0.636. The molecule has 7 heteroatoms. The molecule has 0 amide bonds. The third-order valence-electron chi connectivity index (χ3n) is 2.08. The van der Waals surface area contributed by atoms with E-state index in [9.17, 15) is 14.9 Å². The Hall–Kier alpha value is -1.92. The topological polar surface area (TPSA) is 98.3 Å². The zero-order valence-corrected chi connectivity index (χ0v) is 10.7. The number of nitrogens with zero attached hydrogens (tertiary/aromatic N) is 3. The number of carboxylic acid groups (broad SMARTS) is 1. The zero-order chi connectivity index (χ0) is 14.0. The van der Waals surface area contributed by atoms with Crippen LogP contribution in [0.25, 0.3) is 0 Å². The lowest BCUT2D eigenvalue weighted by Gasteiger charge is -1.90. The summed E-state index contributed by atoms with van der Waals surface area (Å²) in [7, 11) is 0. The quantitative estimate of drug-likeness (QED) is 0.479. The number of aromatic nitrogens is 2. The number of imidazole rings is 1. The summed E-state index contributed by atoms with van der Waals surface area (Å²) >= 11 is 0. The summed E-state index contributed by atoms with van der Waals surface area (Å²) in [6.45, 7) is 4.14. The number of aliphatic carboxylic acids is 1. The highest BCUT2D eigenvalue weighted by molar-refractivity contribution is 5.66. The van der Waals surface area contributed by atoms with Gasteiger partial charge in [-0.05, 0) is 9.91 Å². The number of unbranched alkanes of at least 4 members (excludes halogenated alkanes) is 3. The molecule has 1 heterocycles. The molecule has 0 saturated carbocycles. The summed E-state index contributed by atoms with van der Waals surface area (Å²) in [5, 5.41) is 18.4. The molecule has 1 aromatic rings. The predicted molar refractivity (Wildman–Crippen MR) is 66.3 cm³/mol. The maximum absolute atomic E-state index is 10.1. The molecule has 0 saturated heterocycles. The smallest absolute Gasteiger partial charge is 0.381 e. The van der Waals surface area contributed by atoms with Crippen LogP contribution in [0.15, 0.2) is 12.5 Å². The molecule has 0 radical (unpaired) electrons. The SMILES string of the molecule is CCCCCC.O=C(O)Cn1cnc([N+](=O)[O-])c1. The first-order valence-corrected chi connectivity index (χ1v) is 5.89. The summed E-state index contributed by atoms with van der Waals surface area (Å²) < 4.78 is 1.13. The lowest BCUT2D eigenvalue weighted by atomic mass is 10.2. The Balaban J connectivity index is 0.000000411. The molecule has 7 nitrogen and oxygen atoms in total. The molecule has 0 bridgehead atoms. The van der Waals surface area contributed by atoms with Crippen molar-refractivity contribution in [3.8, 4) is 0 Å². The second-order valence-corrected chi connectivity index (χ2v) is 3.76. The third-order valence-corrected chi connectivity index (χ3v) is 2.08. The first kappa shape index (κ1) is 16.1. The summed E-state index contributed by atoms with van der Waals surface area (Å²) in [6.07, 6.45) is 7.70. The number of hydrogen-bond donors (Lipinski definition) is 1. The van der Waals surface area contributed by atoms with E-state index in [1.807, 2.05) is 0 Å². The van der Waals surface area contributed by atoms with E-state index in [-0.39, 0.29) is 12.4 Å². The van der Waals surface area contributed by atoms with Crippen LogP contribution in [0.4, 0.5) is 5.82 Å². The van der Waals surface area contributed by atoms with Crippen LogP contribution in [0.1, 0.15) is 39.5 Å². The first-order chi connectivity index (χ1) is 8.51. The standard InChI is InChI=1S/C6H14.C5H5N3O4/c1-3-5-6-4-2;9-5(10)2-7-1-4(6-3-7)8(11)12/h3-6H2,1-2H3;1,3H,2H2,(H,9,10). The van der Waals surface area contributed by atoms with Gasteiger partial charge in [-0.2, -0.15) is 0 Å². The van der Waals surface area contributed by atoms with Crippen molar-refractivity contribution in [2.75, 3.05) is 0 Å². The van der Waals surface area contributed by atoms with E-state index in [0.717, 1.165) is 17.1 Å². The summed E-state index contributed by atoms with van der Waals surface area (Å²) in [5.74, 6) is -1.42. The van der Waals surface area contributed by atoms with Crippen molar-refractivity contribution < 1.29 is 14.8 Å². The van der Waals surface area contributed by atoms with Gasteiger partial charge in [-0.3, -0.25) is 9.36 Å². The van der Waals surface area contributed by atoms with Crippen molar-refractivity contribution in [1.29, 1.82) is 0 Å². The Kier molecular flexibility index (Phi) is 8.17. The molecule has 0 aliphatic carbocycles. The third kappa shape index (κ3) is 7.37. The average Bonchev–Trinajstić information content (AvgIpc) is 2.75. The Bertz CT molecular complexity index is 372. The largest absolute Gasteiger partial charge is 0.480 e. The van der Waals surface area contributed by atoms with Crippen LogP contribution in [-0.4, -0.2) is 25.6 Å². The van der Waals surface area contributed by atoms with E-state index < -0.39 is 10.9 Å². The van der Waals surface area contributed by atoms with Crippen LogP contribution in [-0.2, 0) is 11.3 Å². The molecule has 1 N–H and O–H groups in total. The molecule has 0 aliphatic heterocycles. The van der Waals surface area contributed by atoms with Gasteiger partial charge >= 0.3 is 11.8 Å². The number of carbonyl (C=O) groups is 1. The summed E-state index contributed by atoms with van der Waals surface area (Å²) in [5.41, 5.74) is 0. The fourth-order valence-corrected chi connectivity index (χ4v) is 1.19. The molecule has 0 aromatic carbocycles. The van der Waals surface area contributed by atoms with Crippen LogP contribution >= 0.6 is 0 Å². The first-order valence-electron chi connectivity index (χ1n) is 5.89. The highest BCUT2D eigenvalue weighted by Crippen LogP contribution is 2.04. The van der Waals surface area contributed by atoms with Gasteiger partial charge in [0.1, 0.15) is 12.7 Å². The number of nitro groups is 1. The highest BCUT2D eigenvalue weighted by Gasteiger charge is 2.10. The van der Waals surface area contributed by atoms with Crippen molar-refractivity contribution in [3.63, 3.8) is 0 Å². The van der Waals surface area contributed by atoms with Gasteiger partial charge in [-0.1, -0.05) is 39.5 Å². The maximum atomic E-state index is 10.1. The van der Waals surface area contributed by atoms with Gasteiger partial charge in [-0.25, -0.2) is 0 Å². The maximum Gasteiger partial charge on any atom is 0.381 e. The van der Waals surface area contributed by atoms with Gasteiger partial charge in [0, 0.05) is 0 Å². The molecule has 0 unspecified atom stereocenters. The molecule has 18 heavy (non-hydrogen) atoms. The lowest BCUT2D eigenvalue weighted by Crippen LogP contribution is -2.06. The number of rotatable bonds is 6. The molecule has 1 rings (SSSR count). The molecule has 102 valence electrons. The Labute approximate surface area is 106 Å². The van der Waals surface area contributed by atoms with Crippen LogP contribution in [0.5, 0.6) is 0 Å². The van der Waals surface area contributed by atoms with Crippen LogP contribution in [0.2, 0.25) is 0 Å². The lowest BCUT2D eigenvalue weighted by molar-refractivity contribution is -0.389. The summed E-state index contributed by atoms with van der Waals surface area (Å²) in [4.78, 5) is 22.9. The number of hydrogen-bond acceptors (Lipinski definition) is 4. The second-order valence-electron chi connectivity index (χ2n) is 3.76. The van der Waals surface area contributed by atoms with Crippen molar-refractivity contribution in [2.24, 2.45) is 0 Å². The normalized spacial score (nSPS) is 9.44. The minimum atomic E-state index is -1.07. The Morgan fingerprint density at radius 2 is 2.00 bits per heavy atom. The van der Waals surface area contributed by atoms with Gasteiger partial charge in [0.15, 0.2) is 0 Å². The second kappa shape index (κ2) is 9.15. The summed E-state index contributed by atoms with van der Waals surface area (Å²) in [6, 6.07) is 0. The molecular weight excluding hydrogens is 238 g/mol. The van der Waals surface area contributed by atoms with Gasteiger partial charge in [0.25, 0.3) is 0 Å². The molecule has 0 atom stereocenters.